The van der Waals surface area contributed by atoms with E-state index in [1.54, 1.807) is 18.2 Å². The summed E-state index contributed by atoms with van der Waals surface area (Å²) in [7, 11) is 3.97. The van der Waals surface area contributed by atoms with Gasteiger partial charge < -0.3 is 15.5 Å². The smallest absolute Gasteiger partial charge is 0.274 e. The Morgan fingerprint density at radius 3 is 2.23 bits per heavy atom. The van der Waals surface area contributed by atoms with Crippen LogP contribution in [-0.4, -0.2) is 48.9 Å². The molecule has 0 radical (unpaired) electrons. The van der Waals surface area contributed by atoms with Gasteiger partial charge in [0.1, 0.15) is 11.4 Å². The van der Waals surface area contributed by atoms with Crippen molar-refractivity contribution in [2.45, 2.75) is 20.3 Å². The molecule has 2 rings (SSSR count). The van der Waals surface area contributed by atoms with Gasteiger partial charge in [0.25, 0.3) is 11.8 Å². The molecule has 0 aliphatic heterocycles. The molecular formula is C20H26N4O2. The molecule has 0 aliphatic rings. The molecule has 0 atom stereocenters. The van der Waals surface area contributed by atoms with Crippen LogP contribution in [0.2, 0.25) is 0 Å². The van der Waals surface area contributed by atoms with Crippen molar-refractivity contribution in [3.05, 3.63) is 58.9 Å². The number of nitrogens with zero attached hydrogens (tertiary/aromatic N) is 2. The first-order valence-corrected chi connectivity index (χ1v) is 8.65. The molecule has 2 N–H and O–H groups in total. The van der Waals surface area contributed by atoms with Crippen LogP contribution in [0.5, 0.6) is 0 Å². The lowest BCUT2D eigenvalue weighted by atomic mass is 10.1. The Morgan fingerprint density at radius 1 is 1.00 bits per heavy atom. The van der Waals surface area contributed by atoms with Gasteiger partial charge in [0.2, 0.25) is 0 Å². The molecular weight excluding hydrogens is 328 g/mol. The number of benzene rings is 1. The molecule has 0 fully saturated rings. The second kappa shape index (κ2) is 9.10. The van der Waals surface area contributed by atoms with Gasteiger partial charge >= 0.3 is 0 Å². The van der Waals surface area contributed by atoms with E-state index >= 15 is 0 Å². The fourth-order valence-corrected chi connectivity index (χ4v) is 2.62. The molecule has 2 amide bonds. The van der Waals surface area contributed by atoms with Crippen molar-refractivity contribution < 1.29 is 9.59 Å². The predicted molar refractivity (Wildman–Crippen MR) is 104 cm³/mol. The van der Waals surface area contributed by atoms with E-state index in [2.05, 4.69) is 20.5 Å². The van der Waals surface area contributed by atoms with Crippen LogP contribution in [0.1, 0.15) is 38.5 Å². The average molecular weight is 354 g/mol. The molecule has 0 spiro atoms. The van der Waals surface area contributed by atoms with Crippen LogP contribution >= 0.6 is 0 Å². The van der Waals surface area contributed by atoms with Crippen LogP contribution in [-0.2, 0) is 0 Å². The minimum atomic E-state index is -0.336. The lowest BCUT2D eigenvalue weighted by molar-refractivity contribution is 0.0947. The minimum Gasteiger partial charge on any atom is -0.351 e. The third kappa shape index (κ3) is 5.97. The number of nitrogens with one attached hydrogen (secondary N) is 2. The zero-order valence-electron chi connectivity index (χ0n) is 15.8. The third-order valence-electron chi connectivity index (χ3n) is 3.76. The largest absolute Gasteiger partial charge is 0.351 e. The van der Waals surface area contributed by atoms with E-state index in [9.17, 15) is 9.59 Å². The van der Waals surface area contributed by atoms with Gasteiger partial charge in [-0.3, -0.25) is 9.59 Å². The number of aromatic nitrogens is 1. The summed E-state index contributed by atoms with van der Waals surface area (Å²) >= 11 is 0. The molecule has 6 heteroatoms. The Hall–Kier alpha value is -2.73. The predicted octanol–water partition coefficient (Wildman–Crippen LogP) is 2.63. The Balaban J connectivity index is 2.01. The zero-order valence-corrected chi connectivity index (χ0v) is 15.8. The Labute approximate surface area is 154 Å². The van der Waals surface area contributed by atoms with Gasteiger partial charge in [-0.25, -0.2) is 4.98 Å². The number of carbonyl (C=O) groups excluding carboxylic acids is 2. The molecule has 0 bridgehead atoms. The van der Waals surface area contributed by atoms with Gasteiger partial charge in [-0.1, -0.05) is 12.1 Å². The van der Waals surface area contributed by atoms with Gasteiger partial charge in [0.05, 0.1) is 0 Å². The maximum absolute atomic E-state index is 12.4. The van der Waals surface area contributed by atoms with Crippen molar-refractivity contribution in [1.29, 1.82) is 0 Å². The summed E-state index contributed by atoms with van der Waals surface area (Å²) in [5, 5.41) is 5.66. The number of pyridine rings is 1. The fraction of sp³-hybridized carbons (Fsp3) is 0.350. The summed E-state index contributed by atoms with van der Waals surface area (Å²) in [6, 6.07) is 10.7. The van der Waals surface area contributed by atoms with Crippen LogP contribution in [0.15, 0.2) is 36.4 Å². The molecule has 1 heterocycles. The van der Waals surface area contributed by atoms with Gasteiger partial charge in [-0.05, 0) is 76.3 Å². The highest BCUT2D eigenvalue weighted by Gasteiger charge is 2.12. The number of hydrogen-bond donors (Lipinski definition) is 2. The first kappa shape index (κ1) is 19.6. The van der Waals surface area contributed by atoms with E-state index in [1.807, 2.05) is 46.1 Å². The average Bonchev–Trinajstić information content (AvgIpc) is 2.57. The van der Waals surface area contributed by atoms with Crippen molar-refractivity contribution in [1.82, 2.24) is 15.2 Å². The zero-order chi connectivity index (χ0) is 19.1. The quantitative estimate of drug-likeness (QED) is 0.750. The summed E-state index contributed by atoms with van der Waals surface area (Å²) < 4.78 is 0. The lowest BCUT2D eigenvalue weighted by Crippen LogP contribution is -2.28. The number of amides is 2. The van der Waals surface area contributed by atoms with Crippen LogP contribution in [0, 0.1) is 13.8 Å². The Morgan fingerprint density at radius 2 is 1.62 bits per heavy atom. The number of aryl methyl sites for hydroxylation is 2. The van der Waals surface area contributed by atoms with Crippen molar-refractivity contribution >= 4 is 17.5 Å². The summed E-state index contributed by atoms with van der Waals surface area (Å²) in [6.07, 6.45) is 0.853. The number of hydrogen-bond acceptors (Lipinski definition) is 4. The monoisotopic (exact) mass is 354 g/mol. The van der Waals surface area contributed by atoms with Crippen molar-refractivity contribution in [3.63, 3.8) is 0 Å². The molecule has 2 aromatic rings. The maximum Gasteiger partial charge on any atom is 0.274 e. The summed E-state index contributed by atoms with van der Waals surface area (Å²) in [4.78, 5) is 30.9. The molecule has 6 nitrogen and oxygen atoms in total. The van der Waals surface area contributed by atoms with Crippen LogP contribution in [0.3, 0.4) is 0 Å². The molecule has 138 valence electrons. The summed E-state index contributed by atoms with van der Waals surface area (Å²) in [6.45, 7) is 5.41. The van der Waals surface area contributed by atoms with E-state index in [1.165, 1.54) is 0 Å². The van der Waals surface area contributed by atoms with E-state index in [4.69, 9.17) is 0 Å². The fourth-order valence-electron chi connectivity index (χ4n) is 2.62. The van der Waals surface area contributed by atoms with Gasteiger partial charge in [0.15, 0.2) is 0 Å². The van der Waals surface area contributed by atoms with Crippen LogP contribution < -0.4 is 10.6 Å². The normalized spacial score (nSPS) is 10.7. The third-order valence-corrected chi connectivity index (χ3v) is 3.76. The number of rotatable bonds is 7. The maximum atomic E-state index is 12.4. The van der Waals surface area contributed by atoms with E-state index in [-0.39, 0.29) is 23.2 Å². The highest BCUT2D eigenvalue weighted by molar-refractivity contribution is 6.03. The van der Waals surface area contributed by atoms with E-state index < -0.39 is 0 Å². The van der Waals surface area contributed by atoms with Gasteiger partial charge in [-0.15, -0.1) is 0 Å². The van der Waals surface area contributed by atoms with Crippen molar-refractivity contribution in [2.24, 2.45) is 0 Å². The minimum absolute atomic E-state index is 0.213. The topological polar surface area (TPSA) is 74.3 Å². The second-order valence-corrected chi connectivity index (χ2v) is 6.65. The Kier molecular flexibility index (Phi) is 6.86. The molecule has 26 heavy (non-hydrogen) atoms. The van der Waals surface area contributed by atoms with Crippen molar-refractivity contribution in [2.75, 3.05) is 32.5 Å². The Bertz CT molecular complexity index is 767. The second-order valence-electron chi connectivity index (χ2n) is 6.65. The molecule has 0 unspecified atom stereocenters. The molecule has 1 aromatic carbocycles. The van der Waals surface area contributed by atoms with Crippen LogP contribution in [0.25, 0.3) is 0 Å². The highest BCUT2D eigenvalue weighted by atomic mass is 16.2. The summed E-state index contributed by atoms with van der Waals surface area (Å²) in [5.41, 5.74) is 3.30. The summed E-state index contributed by atoms with van der Waals surface area (Å²) in [5.74, 6) is -0.609. The first-order chi connectivity index (χ1) is 12.3. The SMILES string of the molecule is Cc1cc(C)cc(NC(=O)c2cccc(C(=O)NCCCN(C)C)n2)c1. The first-order valence-electron chi connectivity index (χ1n) is 8.65. The number of carbonyl (C=O) groups is 2. The van der Waals surface area contributed by atoms with E-state index in [0.29, 0.717) is 12.2 Å². The van der Waals surface area contributed by atoms with Crippen LogP contribution in [0.4, 0.5) is 5.69 Å². The van der Waals surface area contributed by atoms with Gasteiger partial charge in [0, 0.05) is 12.2 Å². The van der Waals surface area contributed by atoms with E-state index in [0.717, 1.165) is 24.1 Å². The van der Waals surface area contributed by atoms with Crippen molar-refractivity contribution in [3.8, 4) is 0 Å². The molecule has 0 saturated carbocycles. The highest BCUT2D eigenvalue weighted by Crippen LogP contribution is 2.14. The lowest BCUT2D eigenvalue weighted by Gasteiger charge is -2.10. The molecule has 0 saturated heterocycles. The molecule has 1 aromatic heterocycles. The number of anilines is 1. The molecule has 0 aliphatic carbocycles. The standard InChI is InChI=1S/C20H26N4O2/c1-14-11-15(2)13-16(12-14)22-20(26)18-8-5-7-17(23-18)19(25)21-9-6-10-24(3)4/h5,7-8,11-13H,6,9-10H2,1-4H3,(H,21,25)(H,22,26). The van der Waals surface area contributed by atoms with Gasteiger partial charge in [-0.2, -0.15) is 0 Å².